The maximum atomic E-state index is 13.0. The Labute approximate surface area is 149 Å². The van der Waals surface area contributed by atoms with Gasteiger partial charge >= 0.3 is 0 Å². The van der Waals surface area contributed by atoms with E-state index in [1.54, 1.807) is 30.5 Å². The van der Waals surface area contributed by atoms with E-state index < -0.39 is 5.82 Å². The molecule has 0 spiro atoms. The van der Waals surface area contributed by atoms with Crippen molar-refractivity contribution in [3.63, 3.8) is 0 Å². The summed E-state index contributed by atoms with van der Waals surface area (Å²) < 4.78 is 18.7. The largest absolute Gasteiger partial charge is 0.439 e. The predicted molar refractivity (Wildman–Crippen MR) is 93.3 cm³/mol. The van der Waals surface area contributed by atoms with Gasteiger partial charge in [0.25, 0.3) is 5.91 Å². The van der Waals surface area contributed by atoms with Crippen LogP contribution in [-0.2, 0) is 6.54 Å². The molecule has 3 rings (SSSR count). The van der Waals surface area contributed by atoms with E-state index in [0.29, 0.717) is 11.6 Å². The smallest absolute Gasteiger partial charge is 0.253 e. The van der Waals surface area contributed by atoms with Crippen molar-refractivity contribution in [1.82, 2.24) is 10.3 Å². The molecule has 0 radical (unpaired) electrons. The highest BCUT2D eigenvalue weighted by molar-refractivity contribution is 6.33. The lowest BCUT2D eigenvalue weighted by atomic mass is 10.2. The van der Waals surface area contributed by atoms with Crippen molar-refractivity contribution >= 4 is 17.5 Å². The van der Waals surface area contributed by atoms with Gasteiger partial charge in [-0.25, -0.2) is 9.37 Å². The molecule has 1 amide bonds. The molecule has 0 fully saturated rings. The molecule has 0 aliphatic heterocycles. The van der Waals surface area contributed by atoms with Gasteiger partial charge in [-0.3, -0.25) is 4.79 Å². The van der Waals surface area contributed by atoms with Crippen LogP contribution in [0.5, 0.6) is 11.6 Å². The molecule has 6 heteroatoms. The first-order chi connectivity index (χ1) is 12.1. The van der Waals surface area contributed by atoms with E-state index in [1.807, 2.05) is 18.2 Å². The number of carbonyl (C=O) groups excluding carboxylic acids is 1. The topological polar surface area (TPSA) is 51.2 Å². The number of ether oxygens (including phenoxy) is 1. The van der Waals surface area contributed by atoms with Crippen LogP contribution in [0.2, 0.25) is 5.02 Å². The molecule has 1 heterocycles. The molecule has 126 valence electrons. The highest BCUT2D eigenvalue weighted by Gasteiger charge is 2.11. The minimum Gasteiger partial charge on any atom is -0.439 e. The summed E-state index contributed by atoms with van der Waals surface area (Å²) in [5.74, 6) is 0.244. The summed E-state index contributed by atoms with van der Waals surface area (Å²) in [5.41, 5.74) is 1.07. The maximum Gasteiger partial charge on any atom is 0.253 e. The van der Waals surface area contributed by atoms with Crippen molar-refractivity contribution in [2.45, 2.75) is 6.54 Å². The highest BCUT2D eigenvalue weighted by Crippen LogP contribution is 2.20. The van der Waals surface area contributed by atoms with E-state index in [1.165, 1.54) is 12.1 Å². The van der Waals surface area contributed by atoms with E-state index in [4.69, 9.17) is 16.3 Å². The lowest BCUT2D eigenvalue weighted by molar-refractivity contribution is 0.0951. The molecule has 0 bridgehead atoms. The number of hydrogen-bond acceptors (Lipinski definition) is 3. The number of pyridine rings is 1. The summed E-state index contributed by atoms with van der Waals surface area (Å²) in [4.78, 5) is 16.3. The lowest BCUT2D eigenvalue weighted by Crippen LogP contribution is -2.23. The lowest BCUT2D eigenvalue weighted by Gasteiger charge is -2.09. The summed E-state index contributed by atoms with van der Waals surface area (Å²) in [6.07, 6.45) is 1.64. The van der Waals surface area contributed by atoms with Gasteiger partial charge in [0.15, 0.2) is 0 Å². The van der Waals surface area contributed by atoms with Crippen LogP contribution in [0.15, 0.2) is 66.9 Å². The molecule has 0 atom stereocenters. The van der Waals surface area contributed by atoms with E-state index >= 15 is 0 Å². The van der Waals surface area contributed by atoms with Crippen molar-refractivity contribution in [3.8, 4) is 11.6 Å². The Morgan fingerprint density at radius 3 is 2.76 bits per heavy atom. The fourth-order valence-electron chi connectivity index (χ4n) is 2.20. The Kier molecular flexibility index (Phi) is 5.26. The minimum absolute atomic E-state index is 0.0738. The summed E-state index contributed by atoms with van der Waals surface area (Å²) in [6, 6.07) is 16.3. The van der Waals surface area contributed by atoms with Crippen LogP contribution >= 0.6 is 11.6 Å². The number of benzene rings is 2. The molecular formula is C19H14ClFN2O2. The number of carbonyl (C=O) groups is 1. The van der Waals surface area contributed by atoms with Crippen LogP contribution < -0.4 is 10.1 Å². The molecule has 0 aliphatic carbocycles. The van der Waals surface area contributed by atoms with Gasteiger partial charge in [0.2, 0.25) is 5.88 Å². The van der Waals surface area contributed by atoms with E-state index in [9.17, 15) is 9.18 Å². The summed E-state index contributed by atoms with van der Waals surface area (Å²) in [6.45, 7) is 0.284. The molecular weight excluding hydrogens is 343 g/mol. The molecule has 0 unspecified atom stereocenters. The van der Waals surface area contributed by atoms with E-state index in [-0.39, 0.29) is 23.0 Å². The molecule has 4 nitrogen and oxygen atoms in total. The van der Waals surface area contributed by atoms with Crippen LogP contribution in [0.25, 0.3) is 0 Å². The van der Waals surface area contributed by atoms with Crippen LogP contribution in [0.4, 0.5) is 4.39 Å². The number of amides is 1. The highest BCUT2D eigenvalue weighted by atomic mass is 35.5. The van der Waals surface area contributed by atoms with Crippen molar-refractivity contribution in [3.05, 3.63) is 88.8 Å². The van der Waals surface area contributed by atoms with Crippen molar-refractivity contribution in [2.75, 3.05) is 0 Å². The Hall–Kier alpha value is -2.92. The molecule has 0 aliphatic rings. The first-order valence-corrected chi connectivity index (χ1v) is 7.91. The first kappa shape index (κ1) is 16.9. The number of aromatic nitrogens is 1. The van der Waals surface area contributed by atoms with E-state index in [2.05, 4.69) is 10.3 Å². The number of nitrogens with zero attached hydrogens (tertiary/aromatic N) is 1. The third-order valence-corrected chi connectivity index (χ3v) is 3.70. The fraction of sp³-hybridized carbons (Fsp3) is 0.0526. The fourth-order valence-corrected chi connectivity index (χ4v) is 2.45. The van der Waals surface area contributed by atoms with Crippen LogP contribution in [-0.4, -0.2) is 10.9 Å². The van der Waals surface area contributed by atoms with Gasteiger partial charge in [0.05, 0.1) is 10.6 Å². The van der Waals surface area contributed by atoms with Gasteiger partial charge in [-0.1, -0.05) is 29.8 Å². The van der Waals surface area contributed by atoms with E-state index in [0.717, 1.165) is 11.6 Å². The normalized spacial score (nSPS) is 10.3. The second kappa shape index (κ2) is 7.77. The quantitative estimate of drug-likeness (QED) is 0.727. The zero-order chi connectivity index (χ0) is 17.6. The Bertz CT molecular complexity index is 888. The van der Waals surface area contributed by atoms with Crippen molar-refractivity contribution in [1.29, 1.82) is 0 Å². The van der Waals surface area contributed by atoms with Crippen molar-refractivity contribution in [2.24, 2.45) is 0 Å². The van der Waals surface area contributed by atoms with Crippen LogP contribution in [0, 0.1) is 5.82 Å². The Morgan fingerprint density at radius 1 is 1.12 bits per heavy atom. The van der Waals surface area contributed by atoms with Gasteiger partial charge in [0, 0.05) is 18.8 Å². The molecule has 3 aromatic rings. The third-order valence-electron chi connectivity index (χ3n) is 3.39. The molecule has 2 aromatic carbocycles. The maximum absolute atomic E-state index is 13.0. The number of nitrogens with one attached hydrogen (secondary N) is 1. The molecule has 0 saturated heterocycles. The Morgan fingerprint density at radius 2 is 2.00 bits per heavy atom. The van der Waals surface area contributed by atoms with Crippen LogP contribution in [0.1, 0.15) is 15.9 Å². The SMILES string of the molecule is O=C(NCc1cccc(Oc2ccccn2)c1)c1ccc(F)cc1Cl. The van der Waals surface area contributed by atoms with Crippen molar-refractivity contribution < 1.29 is 13.9 Å². The zero-order valence-corrected chi connectivity index (χ0v) is 13.8. The molecule has 25 heavy (non-hydrogen) atoms. The predicted octanol–water partition coefficient (Wildman–Crippen LogP) is 4.60. The zero-order valence-electron chi connectivity index (χ0n) is 13.1. The summed E-state index contributed by atoms with van der Waals surface area (Å²) in [7, 11) is 0. The van der Waals surface area contributed by atoms with Gasteiger partial charge < -0.3 is 10.1 Å². The van der Waals surface area contributed by atoms with Gasteiger partial charge in [-0.2, -0.15) is 0 Å². The Balaban J connectivity index is 1.65. The molecule has 0 saturated carbocycles. The summed E-state index contributed by atoms with van der Waals surface area (Å²) in [5, 5.41) is 2.82. The molecule has 1 N–H and O–H groups in total. The van der Waals surface area contributed by atoms with Gasteiger partial charge in [-0.15, -0.1) is 0 Å². The second-order valence-electron chi connectivity index (χ2n) is 5.22. The number of halogens is 2. The second-order valence-corrected chi connectivity index (χ2v) is 5.63. The average molecular weight is 357 g/mol. The minimum atomic E-state index is -0.485. The van der Waals surface area contributed by atoms with Gasteiger partial charge in [-0.05, 0) is 42.0 Å². The third kappa shape index (κ3) is 4.55. The summed E-state index contributed by atoms with van der Waals surface area (Å²) >= 11 is 5.89. The standard InChI is InChI=1S/C19H14ClFN2O2/c20-17-11-14(21)7-8-16(17)19(24)23-12-13-4-3-5-15(10-13)25-18-6-1-2-9-22-18/h1-11H,12H2,(H,23,24). The van der Waals surface area contributed by atoms with Gasteiger partial charge in [0.1, 0.15) is 11.6 Å². The number of rotatable bonds is 5. The average Bonchev–Trinajstić information content (AvgIpc) is 2.61. The molecule has 1 aromatic heterocycles. The first-order valence-electron chi connectivity index (χ1n) is 7.53. The number of hydrogen-bond donors (Lipinski definition) is 1. The van der Waals surface area contributed by atoms with Crippen LogP contribution in [0.3, 0.4) is 0 Å². The monoisotopic (exact) mass is 356 g/mol.